The van der Waals surface area contributed by atoms with Crippen LogP contribution < -0.4 is 11.1 Å². The standard InChI is InChI=1S/C19H19FN6OS/c1-19(7-8-28-18(21)23-19)12-4-5-13(20)14(10-12)22-17(27)11-3-6-16-15(9-11)24-25-26(16)2/h3-6,9-10H,7-8H2,1-2H3,(H2,21,23)(H,22,27). The highest BCUT2D eigenvalue weighted by Gasteiger charge is 2.30. The zero-order chi connectivity index (χ0) is 19.9. The fourth-order valence-electron chi connectivity index (χ4n) is 3.23. The Morgan fingerprint density at radius 2 is 2.14 bits per heavy atom. The monoisotopic (exact) mass is 398 g/mol. The molecule has 1 unspecified atom stereocenters. The topological polar surface area (TPSA) is 98.2 Å². The molecule has 7 nitrogen and oxygen atoms in total. The van der Waals surface area contributed by atoms with Gasteiger partial charge >= 0.3 is 0 Å². The van der Waals surface area contributed by atoms with Crippen LogP contribution in [0, 0.1) is 5.82 Å². The van der Waals surface area contributed by atoms with Crippen molar-refractivity contribution in [2.24, 2.45) is 17.8 Å². The lowest BCUT2D eigenvalue weighted by molar-refractivity contribution is 0.102. The lowest BCUT2D eigenvalue weighted by atomic mass is 9.89. The number of amides is 1. The number of fused-ring (bicyclic) bond motifs is 1. The van der Waals surface area contributed by atoms with Gasteiger partial charge in [-0.2, -0.15) is 0 Å². The molecule has 0 fully saturated rings. The van der Waals surface area contributed by atoms with Gasteiger partial charge in [0.1, 0.15) is 11.3 Å². The Hall–Kier alpha value is -2.94. The molecule has 9 heteroatoms. The van der Waals surface area contributed by atoms with Crippen LogP contribution in [0.2, 0.25) is 0 Å². The maximum absolute atomic E-state index is 14.4. The van der Waals surface area contributed by atoms with Crippen LogP contribution in [-0.2, 0) is 12.6 Å². The van der Waals surface area contributed by atoms with Crippen molar-refractivity contribution >= 4 is 39.6 Å². The number of amidine groups is 1. The van der Waals surface area contributed by atoms with E-state index in [4.69, 9.17) is 5.73 Å². The van der Waals surface area contributed by atoms with Crippen LogP contribution in [0.25, 0.3) is 11.0 Å². The van der Waals surface area contributed by atoms with Gasteiger partial charge in [-0.1, -0.05) is 23.0 Å². The molecule has 0 saturated carbocycles. The molecule has 0 aliphatic carbocycles. The van der Waals surface area contributed by atoms with Crippen LogP contribution in [0.1, 0.15) is 29.3 Å². The molecule has 0 bridgehead atoms. The van der Waals surface area contributed by atoms with E-state index in [2.05, 4.69) is 20.6 Å². The van der Waals surface area contributed by atoms with Crippen molar-refractivity contribution in [3.8, 4) is 0 Å². The van der Waals surface area contributed by atoms with Gasteiger partial charge in [0.05, 0.1) is 16.7 Å². The number of benzene rings is 2. The van der Waals surface area contributed by atoms with E-state index in [1.54, 1.807) is 42.1 Å². The number of aryl methyl sites for hydroxylation is 1. The fourth-order valence-corrected chi connectivity index (χ4v) is 4.20. The largest absolute Gasteiger partial charge is 0.379 e. The number of rotatable bonds is 3. The summed E-state index contributed by atoms with van der Waals surface area (Å²) in [5.41, 5.74) is 8.03. The summed E-state index contributed by atoms with van der Waals surface area (Å²) in [6.07, 6.45) is 0.779. The molecule has 2 aromatic carbocycles. The second-order valence-corrected chi connectivity index (χ2v) is 8.00. The van der Waals surface area contributed by atoms with E-state index in [9.17, 15) is 9.18 Å². The number of carbonyl (C=O) groups is 1. The average Bonchev–Trinajstić information content (AvgIpc) is 3.03. The van der Waals surface area contributed by atoms with E-state index in [0.29, 0.717) is 16.2 Å². The zero-order valence-electron chi connectivity index (χ0n) is 15.4. The average molecular weight is 398 g/mol. The number of carbonyl (C=O) groups excluding carboxylic acids is 1. The van der Waals surface area contributed by atoms with Crippen molar-refractivity contribution < 1.29 is 9.18 Å². The van der Waals surface area contributed by atoms with Gasteiger partial charge in [0.15, 0.2) is 5.17 Å². The Labute approximate surface area is 165 Å². The van der Waals surface area contributed by atoms with Gasteiger partial charge in [0.2, 0.25) is 0 Å². The summed E-state index contributed by atoms with van der Waals surface area (Å²) in [6, 6.07) is 9.70. The van der Waals surface area contributed by atoms with Crippen molar-refractivity contribution in [2.45, 2.75) is 18.9 Å². The number of hydrogen-bond donors (Lipinski definition) is 2. The summed E-state index contributed by atoms with van der Waals surface area (Å²) < 4.78 is 16.0. The Morgan fingerprint density at radius 3 is 2.93 bits per heavy atom. The SMILES string of the molecule is Cn1nnc2cc(C(=O)Nc3cc(C4(C)CCSC(N)=N4)ccc3F)ccc21. The third-order valence-electron chi connectivity index (χ3n) is 4.91. The first-order chi connectivity index (χ1) is 13.4. The molecule has 4 rings (SSSR count). The first-order valence-corrected chi connectivity index (χ1v) is 9.73. The van der Waals surface area contributed by atoms with Gasteiger partial charge in [0, 0.05) is 18.4 Å². The van der Waals surface area contributed by atoms with Gasteiger partial charge in [0.25, 0.3) is 5.91 Å². The highest BCUT2D eigenvalue weighted by atomic mass is 32.2. The summed E-state index contributed by atoms with van der Waals surface area (Å²) in [5.74, 6) is -0.0948. The van der Waals surface area contributed by atoms with Gasteiger partial charge in [-0.05, 0) is 49.2 Å². The quantitative estimate of drug-likeness (QED) is 0.707. The number of nitrogens with two attached hydrogens (primary N) is 1. The van der Waals surface area contributed by atoms with Crippen LogP contribution >= 0.6 is 11.8 Å². The lowest BCUT2D eigenvalue weighted by Crippen LogP contribution is -2.29. The van der Waals surface area contributed by atoms with E-state index in [0.717, 1.165) is 23.3 Å². The number of hydrogen-bond acceptors (Lipinski definition) is 6. The smallest absolute Gasteiger partial charge is 0.255 e. The van der Waals surface area contributed by atoms with Gasteiger partial charge in [-0.25, -0.2) is 9.07 Å². The maximum atomic E-state index is 14.4. The van der Waals surface area contributed by atoms with Crippen LogP contribution in [0.3, 0.4) is 0 Å². The molecule has 2 heterocycles. The molecule has 144 valence electrons. The van der Waals surface area contributed by atoms with Gasteiger partial charge in [-0.15, -0.1) is 5.10 Å². The van der Waals surface area contributed by atoms with Gasteiger partial charge < -0.3 is 11.1 Å². The highest BCUT2D eigenvalue weighted by Crippen LogP contribution is 2.36. The van der Waals surface area contributed by atoms with Crippen molar-refractivity contribution in [1.29, 1.82) is 0 Å². The molecule has 1 aromatic heterocycles. The number of thioether (sulfide) groups is 1. The number of nitrogens with one attached hydrogen (secondary N) is 1. The Morgan fingerprint density at radius 1 is 1.32 bits per heavy atom. The number of aliphatic imine (C=N–C) groups is 1. The van der Waals surface area contributed by atoms with Crippen LogP contribution in [0.5, 0.6) is 0 Å². The molecule has 1 aliphatic rings. The van der Waals surface area contributed by atoms with E-state index in [1.165, 1.54) is 17.8 Å². The van der Waals surface area contributed by atoms with E-state index in [1.807, 2.05) is 6.92 Å². The maximum Gasteiger partial charge on any atom is 0.255 e. The molecule has 1 amide bonds. The second-order valence-electron chi connectivity index (χ2n) is 6.89. The molecular weight excluding hydrogens is 379 g/mol. The van der Waals surface area contributed by atoms with E-state index in [-0.39, 0.29) is 5.69 Å². The Kier molecular flexibility index (Phi) is 4.54. The summed E-state index contributed by atoms with van der Waals surface area (Å²) >= 11 is 1.50. The molecule has 3 N–H and O–H groups in total. The Bertz CT molecular complexity index is 1110. The zero-order valence-corrected chi connectivity index (χ0v) is 16.3. The lowest BCUT2D eigenvalue weighted by Gasteiger charge is -2.30. The summed E-state index contributed by atoms with van der Waals surface area (Å²) in [7, 11) is 1.77. The second kappa shape index (κ2) is 6.90. The van der Waals surface area contributed by atoms with Crippen molar-refractivity contribution in [2.75, 3.05) is 11.1 Å². The predicted molar refractivity (Wildman–Crippen MR) is 109 cm³/mol. The van der Waals surface area contributed by atoms with Crippen molar-refractivity contribution in [1.82, 2.24) is 15.0 Å². The normalized spacial score (nSPS) is 19.5. The molecular formula is C19H19FN6OS. The molecule has 28 heavy (non-hydrogen) atoms. The minimum absolute atomic E-state index is 0.106. The summed E-state index contributed by atoms with van der Waals surface area (Å²) in [5, 5.41) is 11.1. The Balaban J connectivity index is 1.63. The number of halogens is 1. The molecule has 0 spiro atoms. The van der Waals surface area contributed by atoms with Gasteiger partial charge in [-0.3, -0.25) is 9.79 Å². The molecule has 3 aromatic rings. The highest BCUT2D eigenvalue weighted by molar-refractivity contribution is 8.13. The first-order valence-electron chi connectivity index (χ1n) is 8.75. The van der Waals surface area contributed by atoms with Crippen molar-refractivity contribution in [3.05, 3.63) is 53.3 Å². The summed E-state index contributed by atoms with van der Waals surface area (Å²) in [6.45, 7) is 1.96. The van der Waals surface area contributed by atoms with E-state index >= 15 is 0 Å². The molecule has 0 radical (unpaired) electrons. The molecule has 0 saturated heterocycles. The minimum atomic E-state index is -0.541. The van der Waals surface area contributed by atoms with E-state index < -0.39 is 17.3 Å². The third kappa shape index (κ3) is 3.33. The first kappa shape index (κ1) is 18.4. The predicted octanol–water partition coefficient (Wildman–Crippen LogP) is 3.03. The third-order valence-corrected chi connectivity index (χ3v) is 5.70. The van der Waals surface area contributed by atoms with Crippen LogP contribution in [-0.4, -0.2) is 31.8 Å². The van der Waals surface area contributed by atoms with Crippen LogP contribution in [0.15, 0.2) is 41.4 Å². The number of nitrogens with zero attached hydrogens (tertiary/aromatic N) is 4. The van der Waals surface area contributed by atoms with Crippen LogP contribution in [0.4, 0.5) is 10.1 Å². The number of aromatic nitrogens is 3. The molecule has 1 aliphatic heterocycles. The van der Waals surface area contributed by atoms with Crippen molar-refractivity contribution in [3.63, 3.8) is 0 Å². The fraction of sp³-hybridized carbons (Fsp3) is 0.263. The molecule has 1 atom stereocenters. The summed E-state index contributed by atoms with van der Waals surface area (Å²) in [4.78, 5) is 17.2. The minimum Gasteiger partial charge on any atom is -0.379 e. The number of anilines is 1.